The summed E-state index contributed by atoms with van der Waals surface area (Å²) in [5, 5.41) is 0. The molecule has 0 atom stereocenters. The Morgan fingerprint density at radius 2 is 2.12 bits per heavy atom. The van der Waals surface area contributed by atoms with Crippen molar-refractivity contribution in [3.63, 3.8) is 0 Å². The van der Waals surface area contributed by atoms with Gasteiger partial charge in [0.2, 0.25) is 0 Å². The van der Waals surface area contributed by atoms with Gasteiger partial charge in [0, 0.05) is 19.3 Å². The lowest BCUT2D eigenvalue weighted by atomic mass is 10.4. The van der Waals surface area contributed by atoms with Gasteiger partial charge in [0.1, 0.15) is 5.52 Å². The average molecular weight is 218 g/mol. The molecule has 0 spiro atoms. The molecule has 0 fully saturated rings. The Morgan fingerprint density at radius 3 is 2.88 bits per heavy atom. The third kappa shape index (κ3) is 2.22. The minimum Gasteiger partial charge on any atom is -0.329 e. The zero-order valence-corrected chi connectivity index (χ0v) is 9.93. The van der Waals surface area contributed by atoms with Crippen molar-refractivity contribution in [1.82, 2.24) is 19.4 Å². The molecular formula is C12H18N4. The fraction of sp³-hybridized carbons (Fsp3) is 0.500. The summed E-state index contributed by atoms with van der Waals surface area (Å²) < 4.78 is 2.19. The molecule has 2 aromatic rings. The molecule has 0 unspecified atom stereocenters. The molecule has 0 aliphatic rings. The fourth-order valence-corrected chi connectivity index (χ4v) is 1.88. The molecular weight excluding hydrogens is 200 g/mol. The van der Waals surface area contributed by atoms with Gasteiger partial charge >= 0.3 is 0 Å². The first-order valence-electron chi connectivity index (χ1n) is 5.82. The Kier molecular flexibility index (Phi) is 3.51. The normalized spacial score (nSPS) is 11.4. The van der Waals surface area contributed by atoms with Crippen molar-refractivity contribution in [2.75, 3.05) is 19.6 Å². The lowest BCUT2D eigenvalue weighted by Crippen LogP contribution is -2.26. The molecule has 0 aliphatic heterocycles. The average Bonchev–Trinajstić information content (AvgIpc) is 2.74. The number of hydrogen-bond donors (Lipinski definition) is 0. The summed E-state index contributed by atoms with van der Waals surface area (Å²) >= 11 is 0. The van der Waals surface area contributed by atoms with E-state index in [2.05, 4.69) is 33.3 Å². The van der Waals surface area contributed by atoms with Crippen LogP contribution in [-0.2, 0) is 6.54 Å². The van der Waals surface area contributed by atoms with Crippen molar-refractivity contribution < 1.29 is 0 Å². The van der Waals surface area contributed by atoms with Crippen LogP contribution in [0.4, 0.5) is 0 Å². The van der Waals surface area contributed by atoms with Crippen LogP contribution < -0.4 is 0 Å². The molecule has 0 aliphatic carbocycles. The van der Waals surface area contributed by atoms with Crippen molar-refractivity contribution in [2.45, 2.75) is 20.4 Å². The molecule has 0 N–H and O–H groups in total. The largest absolute Gasteiger partial charge is 0.329 e. The van der Waals surface area contributed by atoms with E-state index in [4.69, 9.17) is 0 Å². The summed E-state index contributed by atoms with van der Waals surface area (Å²) in [6.07, 6.45) is 5.52. The number of nitrogens with zero attached hydrogens (tertiary/aromatic N) is 4. The van der Waals surface area contributed by atoms with Gasteiger partial charge in [0.25, 0.3) is 0 Å². The van der Waals surface area contributed by atoms with Gasteiger partial charge < -0.3 is 9.47 Å². The third-order valence-corrected chi connectivity index (χ3v) is 2.97. The van der Waals surface area contributed by atoms with Crippen molar-refractivity contribution in [2.24, 2.45) is 0 Å². The second-order valence-corrected chi connectivity index (χ2v) is 3.83. The fourth-order valence-electron chi connectivity index (χ4n) is 1.88. The Labute approximate surface area is 95.9 Å². The van der Waals surface area contributed by atoms with Crippen LogP contribution in [0, 0.1) is 0 Å². The topological polar surface area (TPSA) is 34.0 Å². The summed E-state index contributed by atoms with van der Waals surface area (Å²) in [7, 11) is 0. The maximum Gasteiger partial charge on any atom is 0.107 e. The zero-order chi connectivity index (χ0) is 11.4. The van der Waals surface area contributed by atoms with E-state index in [9.17, 15) is 0 Å². The highest BCUT2D eigenvalue weighted by molar-refractivity contribution is 5.73. The number of rotatable bonds is 5. The third-order valence-electron chi connectivity index (χ3n) is 2.97. The van der Waals surface area contributed by atoms with E-state index in [1.807, 2.05) is 24.8 Å². The molecule has 2 aromatic heterocycles. The SMILES string of the molecule is CCN(CC)CCn1cnc2cnccc21. The van der Waals surface area contributed by atoms with Crippen LogP contribution in [0.1, 0.15) is 13.8 Å². The molecule has 86 valence electrons. The van der Waals surface area contributed by atoms with E-state index in [1.165, 1.54) is 5.52 Å². The van der Waals surface area contributed by atoms with Gasteiger partial charge in [0.15, 0.2) is 0 Å². The van der Waals surface area contributed by atoms with Crippen LogP contribution in [0.15, 0.2) is 24.8 Å². The van der Waals surface area contributed by atoms with Crippen molar-refractivity contribution in [1.29, 1.82) is 0 Å². The van der Waals surface area contributed by atoms with E-state index in [-0.39, 0.29) is 0 Å². The van der Waals surface area contributed by atoms with Crippen LogP contribution >= 0.6 is 0 Å². The number of fused-ring (bicyclic) bond motifs is 1. The first-order valence-corrected chi connectivity index (χ1v) is 5.82. The first kappa shape index (κ1) is 11.1. The molecule has 2 rings (SSSR count). The summed E-state index contributed by atoms with van der Waals surface area (Å²) in [6, 6.07) is 2.02. The quantitative estimate of drug-likeness (QED) is 0.767. The van der Waals surface area contributed by atoms with E-state index >= 15 is 0 Å². The minimum absolute atomic E-state index is 0.974. The number of imidazole rings is 1. The molecule has 0 radical (unpaired) electrons. The predicted molar refractivity (Wildman–Crippen MR) is 65.3 cm³/mol. The molecule has 0 saturated heterocycles. The number of hydrogen-bond acceptors (Lipinski definition) is 3. The lowest BCUT2D eigenvalue weighted by molar-refractivity contribution is 0.292. The van der Waals surface area contributed by atoms with Gasteiger partial charge in [-0.05, 0) is 19.2 Å². The van der Waals surface area contributed by atoms with Crippen LogP contribution in [0.5, 0.6) is 0 Å². The lowest BCUT2D eigenvalue weighted by Gasteiger charge is -2.18. The molecule has 4 heteroatoms. The Morgan fingerprint density at radius 1 is 1.31 bits per heavy atom. The number of aromatic nitrogens is 3. The van der Waals surface area contributed by atoms with Crippen LogP contribution in [0.25, 0.3) is 11.0 Å². The van der Waals surface area contributed by atoms with Gasteiger partial charge in [-0.25, -0.2) is 4.98 Å². The Hall–Kier alpha value is -1.42. The first-order chi connectivity index (χ1) is 7.85. The maximum absolute atomic E-state index is 4.33. The monoisotopic (exact) mass is 218 g/mol. The van der Waals surface area contributed by atoms with Gasteiger partial charge in [-0.2, -0.15) is 0 Å². The van der Waals surface area contributed by atoms with Gasteiger partial charge in [-0.15, -0.1) is 0 Å². The second kappa shape index (κ2) is 5.07. The molecule has 4 nitrogen and oxygen atoms in total. The van der Waals surface area contributed by atoms with E-state index < -0.39 is 0 Å². The number of likely N-dealkylation sites (N-methyl/N-ethyl adjacent to an activating group) is 1. The maximum atomic E-state index is 4.33. The highest BCUT2D eigenvalue weighted by Gasteiger charge is 2.03. The highest BCUT2D eigenvalue weighted by Crippen LogP contribution is 2.09. The standard InChI is InChI=1S/C12H18N4/c1-3-15(4-2)7-8-16-10-14-11-9-13-6-5-12(11)16/h5-6,9-10H,3-4,7-8H2,1-2H3. The van der Waals surface area contributed by atoms with Crippen molar-refractivity contribution in [3.05, 3.63) is 24.8 Å². The van der Waals surface area contributed by atoms with E-state index in [0.717, 1.165) is 31.7 Å². The highest BCUT2D eigenvalue weighted by atomic mass is 15.1. The Balaban J connectivity index is 2.09. The summed E-state index contributed by atoms with van der Waals surface area (Å²) in [4.78, 5) is 10.8. The van der Waals surface area contributed by atoms with Gasteiger partial charge in [-0.3, -0.25) is 4.98 Å². The van der Waals surface area contributed by atoms with Crippen LogP contribution in [-0.4, -0.2) is 39.1 Å². The smallest absolute Gasteiger partial charge is 0.107 e. The van der Waals surface area contributed by atoms with Gasteiger partial charge in [-0.1, -0.05) is 13.8 Å². The molecule has 0 saturated carbocycles. The van der Waals surface area contributed by atoms with Gasteiger partial charge in [0.05, 0.1) is 18.0 Å². The molecule has 0 aromatic carbocycles. The minimum atomic E-state index is 0.974. The number of pyridine rings is 1. The summed E-state index contributed by atoms with van der Waals surface area (Å²) in [5.41, 5.74) is 2.14. The zero-order valence-electron chi connectivity index (χ0n) is 9.93. The molecule has 0 amide bonds. The molecule has 2 heterocycles. The molecule has 16 heavy (non-hydrogen) atoms. The van der Waals surface area contributed by atoms with E-state index in [1.54, 1.807) is 0 Å². The second-order valence-electron chi connectivity index (χ2n) is 3.83. The predicted octanol–water partition coefficient (Wildman–Crippen LogP) is 1.77. The van der Waals surface area contributed by atoms with Crippen LogP contribution in [0.2, 0.25) is 0 Å². The summed E-state index contributed by atoms with van der Waals surface area (Å²) in [5.74, 6) is 0. The molecule has 0 bridgehead atoms. The van der Waals surface area contributed by atoms with Crippen molar-refractivity contribution in [3.8, 4) is 0 Å². The summed E-state index contributed by atoms with van der Waals surface area (Å²) in [6.45, 7) is 8.65. The Bertz CT molecular complexity index is 445. The van der Waals surface area contributed by atoms with E-state index in [0.29, 0.717) is 0 Å². The van der Waals surface area contributed by atoms with Crippen LogP contribution in [0.3, 0.4) is 0 Å². The van der Waals surface area contributed by atoms with Crippen molar-refractivity contribution >= 4 is 11.0 Å².